The molecule has 0 saturated carbocycles. The summed E-state index contributed by atoms with van der Waals surface area (Å²) in [6.45, 7) is 5.04. The van der Waals surface area contributed by atoms with Crippen molar-refractivity contribution in [2.24, 2.45) is 11.7 Å². The highest BCUT2D eigenvalue weighted by atomic mass is 16.4. The Hall–Kier alpha value is -1.92. The summed E-state index contributed by atoms with van der Waals surface area (Å²) in [5.41, 5.74) is 6.49. The van der Waals surface area contributed by atoms with Gasteiger partial charge in [-0.2, -0.15) is 0 Å². The van der Waals surface area contributed by atoms with Crippen molar-refractivity contribution < 1.29 is 19.8 Å². The number of carbonyl (C=O) groups is 2. The van der Waals surface area contributed by atoms with E-state index in [9.17, 15) is 14.7 Å². The maximum Gasteiger partial charge on any atom is 0.326 e. The van der Waals surface area contributed by atoms with Crippen LogP contribution in [-0.2, 0) is 4.79 Å². The Morgan fingerprint density at radius 3 is 2.33 bits per heavy atom. The van der Waals surface area contributed by atoms with Crippen molar-refractivity contribution in [3.05, 3.63) is 29.8 Å². The van der Waals surface area contributed by atoms with Crippen LogP contribution >= 0.6 is 0 Å². The molecule has 0 spiro atoms. The molecular formula is C15H22N2O4. The first kappa shape index (κ1) is 17.1. The summed E-state index contributed by atoms with van der Waals surface area (Å²) >= 11 is 0. The topological polar surface area (TPSA) is 113 Å². The minimum absolute atomic E-state index is 0.110. The highest BCUT2D eigenvalue weighted by Gasteiger charge is 2.23. The van der Waals surface area contributed by atoms with Gasteiger partial charge in [0, 0.05) is 11.3 Å². The summed E-state index contributed by atoms with van der Waals surface area (Å²) in [5.74, 6) is -1.45. The van der Waals surface area contributed by atoms with E-state index in [1.165, 1.54) is 6.92 Å². The van der Waals surface area contributed by atoms with Crippen molar-refractivity contribution >= 4 is 17.4 Å². The van der Waals surface area contributed by atoms with Gasteiger partial charge in [0.15, 0.2) is 5.78 Å². The number of benzene rings is 1. The lowest BCUT2D eigenvalue weighted by molar-refractivity contribution is -0.138. The van der Waals surface area contributed by atoms with Crippen LogP contribution in [0.2, 0.25) is 0 Å². The molecule has 0 unspecified atom stereocenters. The summed E-state index contributed by atoms with van der Waals surface area (Å²) < 4.78 is 0. The van der Waals surface area contributed by atoms with Gasteiger partial charge in [0.05, 0.1) is 12.1 Å². The van der Waals surface area contributed by atoms with Gasteiger partial charge >= 0.3 is 5.97 Å². The minimum Gasteiger partial charge on any atom is -0.480 e. The lowest BCUT2D eigenvalue weighted by Gasteiger charge is -2.20. The Morgan fingerprint density at radius 1 is 1.24 bits per heavy atom. The summed E-state index contributed by atoms with van der Waals surface area (Å²) in [6.07, 6.45) is -0.948. The summed E-state index contributed by atoms with van der Waals surface area (Å²) in [6, 6.07) is 4.71. The van der Waals surface area contributed by atoms with Crippen LogP contribution in [0.5, 0.6) is 0 Å². The van der Waals surface area contributed by atoms with E-state index in [4.69, 9.17) is 10.8 Å². The monoisotopic (exact) mass is 294 g/mol. The second-order valence-corrected chi connectivity index (χ2v) is 5.42. The molecule has 5 N–H and O–H groups in total. The number of nitrogens with two attached hydrogens (primary N) is 1. The molecule has 6 nitrogen and oxygen atoms in total. The lowest BCUT2D eigenvalue weighted by Crippen LogP contribution is -2.40. The maximum atomic E-state index is 12.1. The molecule has 1 rings (SSSR count). The quantitative estimate of drug-likeness (QED) is 0.560. The van der Waals surface area contributed by atoms with Crippen molar-refractivity contribution in [3.8, 4) is 0 Å². The summed E-state index contributed by atoms with van der Waals surface area (Å²) in [4.78, 5) is 23.2. The van der Waals surface area contributed by atoms with E-state index in [1.807, 2.05) is 0 Å². The SMILES string of the molecule is CC(C)[C@H](Nc1cccc(C(=O)[C@@H](N)[C@@H](C)O)c1)C(=O)O. The van der Waals surface area contributed by atoms with Crippen LogP contribution in [0.3, 0.4) is 0 Å². The first-order valence-corrected chi connectivity index (χ1v) is 6.81. The van der Waals surface area contributed by atoms with Gasteiger partial charge in [-0.1, -0.05) is 26.0 Å². The number of aliphatic hydroxyl groups excluding tert-OH is 1. The number of aliphatic hydroxyl groups is 1. The number of hydrogen-bond donors (Lipinski definition) is 4. The van der Waals surface area contributed by atoms with Crippen molar-refractivity contribution in [2.75, 3.05) is 5.32 Å². The number of rotatable bonds is 7. The molecule has 1 aromatic carbocycles. The fourth-order valence-corrected chi connectivity index (χ4v) is 1.87. The third-order valence-corrected chi connectivity index (χ3v) is 3.22. The minimum atomic E-state index is -0.999. The number of anilines is 1. The van der Waals surface area contributed by atoms with Gasteiger partial charge in [0.25, 0.3) is 0 Å². The zero-order valence-corrected chi connectivity index (χ0v) is 12.4. The second-order valence-electron chi connectivity index (χ2n) is 5.42. The highest BCUT2D eigenvalue weighted by molar-refractivity contribution is 6.01. The van der Waals surface area contributed by atoms with Gasteiger partial charge in [-0.05, 0) is 25.0 Å². The number of nitrogens with one attached hydrogen (secondary N) is 1. The van der Waals surface area contributed by atoms with Gasteiger partial charge in [-0.25, -0.2) is 4.79 Å². The molecule has 0 heterocycles. The van der Waals surface area contributed by atoms with Gasteiger partial charge in [-0.3, -0.25) is 4.79 Å². The fraction of sp³-hybridized carbons (Fsp3) is 0.467. The Balaban J connectivity index is 2.95. The third kappa shape index (κ3) is 4.54. The average molecular weight is 294 g/mol. The molecule has 0 aliphatic carbocycles. The number of Topliss-reactive ketones (excluding diaryl/α,β-unsaturated/α-hetero) is 1. The molecule has 0 amide bonds. The largest absolute Gasteiger partial charge is 0.480 e. The van der Waals surface area contributed by atoms with Crippen LogP contribution in [0.1, 0.15) is 31.1 Å². The normalized spacial score (nSPS) is 15.3. The van der Waals surface area contributed by atoms with Crippen LogP contribution in [0.25, 0.3) is 0 Å². The fourth-order valence-electron chi connectivity index (χ4n) is 1.87. The smallest absolute Gasteiger partial charge is 0.326 e. The van der Waals surface area contributed by atoms with Gasteiger partial charge < -0.3 is 21.3 Å². The molecule has 3 atom stereocenters. The van der Waals surface area contributed by atoms with E-state index >= 15 is 0 Å². The Bertz CT molecular complexity index is 514. The molecule has 0 aliphatic heterocycles. The third-order valence-electron chi connectivity index (χ3n) is 3.22. The second kappa shape index (κ2) is 7.19. The predicted octanol–water partition coefficient (Wildman–Crippen LogP) is 1.10. The summed E-state index contributed by atoms with van der Waals surface area (Å²) in [7, 11) is 0. The van der Waals surface area contributed by atoms with E-state index in [0.717, 1.165) is 0 Å². The van der Waals surface area contributed by atoms with Gasteiger partial charge in [-0.15, -0.1) is 0 Å². The average Bonchev–Trinajstić information content (AvgIpc) is 2.42. The van der Waals surface area contributed by atoms with Crippen LogP contribution < -0.4 is 11.1 Å². The molecule has 116 valence electrons. The molecule has 0 fully saturated rings. The molecule has 0 radical (unpaired) electrons. The number of ketones is 1. The highest BCUT2D eigenvalue weighted by Crippen LogP contribution is 2.16. The summed E-state index contributed by atoms with van der Waals surface area (Å²) in [5, 5.41) is 21.4. The maximum absolute atomic E-state index is 12.1. The van der Waals surface area contributed by atoms with E-state index in [0.29, 0.717) is 11.3 Å². The molecule has 0 aliphatic rings. The van der Waals surface area contributed by atoms with Crippen LogP contribution in [0, 0.1) is 5.92 Å². The number of hydrogen-bond acceptors (Lipinski definition) is 5. The number of carboxylic acid groups (broad SMARTS) is 1. The van der Waals surface area contributed by atoms with Crippen LogP contribution in [-0.4, -0.2) is 40.2 Å². The molecule has 1 aromatic rings. The molecule has 0 bridgehead atoms. The molecule has 0 aromatic heterocycles. The van der Waals surface area contributed by atoms with Crippen LogP contribution in [0.4, 0.5) is 5.69 Å². The van der Waals surface area contributed by atoms with E-state index in [2.05, 4.69) is 5.32 Å². The van der Waals surface area contributed by atoms with Crippen molar-refractivity contribution in [1.29, 1.82) is 0 Å². The first-order chi connectivity index (χ1) is 9.73. The first-order valence-electron chi connectivity index (χ1n) is 6.81. The van der Waals surface area contributed by atoms with E-state index < -0.39 is 24.2 Å². The predicted molar refractivity (Wildman–Crippen MR) is 80.3 cm³/mol. The standard InChI is InChI=1S/C15H22N2O4/c1-8(2)13(15(20)21)17-11-6-4-5-10(7-11)14(19)12(16)9(3)18/h4-9,12-13,17-18H,16H2,1-3H3,(H,20,21)/t9-,12+,13+/m1/s1. The molecular weight excluding hydrogens is 272 g/mol. The van der Waals surface area contributed by atoms with E-state index in [1.54, 1.807) is 38.1 Å². The number of aliphatic carboxylic acids is 1. The van der Waals surface area contributed by atoms with Crippen LogP contribution in [0.15, 0.2) is 24.3 Å². The zero-order valence-electron chi connectivity index (χ0n) is 12.4. The van der Waals surface area contributed by atoms with Crippen molar-refractivity contribution in [2.45, 2.75) is 39.0 Å². The van der Waals surface area contributed by atoms with Gasteiger partial charge in [0.1, 0.15) is 6.04 Å². The van der Waals surface area contributed by atoms with E-state index in [-0.39, 0.29) is 11.7 Å². The lowest BCUT2D eigenvalue weighted by atomic mass is 10.00. The number of carbonyl (C=O) groups excluding carboxylic acids is 1. The number of carboxylic acids is 1. The van der Waals surface area contributed by atoms with Crippen molar-refractivity contribution in [3.63, 3.8) is 0 Å². The Kier molecular flexibility index (Phi) is 5.87. The molecule has 21 heavy (non-hydrogen) atoms. The zero-order chi connectivity index (χ0) is 16.2. The van der Waals surface area contributed by atoms with Crippen molar-refractivity contribution in [1.82, 2.24) is 0 Å². The Morgan fingerprint density at radius 2 is 1.86 bits per heavy atom. The molecule has 6 heteroatoms. The Labute approximate surface area is 124 Å². The van der Waals surface area contributed by atoms with Gasteiger partial charge in [0.2, 0.25) is 0 Å². The molecule has 0 saturated heterocycles.